The minimum atomic E-state index is -0.0791. The van der Waals surface area contributed by atoms with Crippen molar-refractivity contribution in [1.82, 2.24) is 24.9 Å². The molecule has 0 unspecified atom stereocenters. The molecule has 12 rings (SSSR count). The number of aromatic nitrogens is 5. The fourth-order valence-corrected chi connectivity index (χ4v) is 10.8. The summed E-state index contributed by atoms with van der Waals surface area (Å²) in [6.45, 7) is 18.9. The van der Waals surface area contributed by atoms with E-state index in [2.05, 4.69) is 189 Å². The Hall–Kier alpha value is -7.89. The van der Waals surface area contributed by atoms with Crippen molar-refractivity contribution in [2.24, 2.45) is 0 Å². The van der Waals surface area contributed by atoms with E-state index in [-0.39, 0.29) is 21.7 Å². The average Bonchev–Trinajstić information content (AvgIpc) is 3.40. The third-order valence-corrected chi connectivity index (χ3v) is 16.1. The monoisotopic (exact) mass is 907 g/mol. The maximum absolute atomic E-state index is 5.14. The van der Waals surface area contributed by atoms with E-state index in [1.165, 1.54) is 44.5 Å². The van der Waals surface area contributed by atoms with Gasteiger partial charge in [-0.05, 0) is 84.4 Å². The van der Waals surface area contributed by atoms with E-state index >= 15 is 0 Å². The molecule has 0 N–H and O–H groups in total. The minimum Gasteiger partial charge on any atom is -0.244 e. The van der Waals surface area contributed by atoms with Crippen molar-refractivity contribution in [1.29, 1.82) is 0 Å². The van der Waals surface area contributed by atoms with Crippen LogP contribution in [0.1, 0.15) is 77.6 Å². The van der Waals surface area contributed by atoms with Crippen molar-refractivity contribution in [2.45, 2.75) is 77.0 Å². The molecule has 2 aliphatic carbocycles. The van der Waals surface area contributed by atoms with Crippen LogP contribution in [0.15, 0.2) is 200 Å². The van der Waals surface area contributed by atoms with Gasteiger partial charge in [-0.1, -0.05) is 237 Å². The number of hydrogen-bond donors (Lipinski definition) is 0. The Balaban J connectivity index is 0.000000153. The van der Waals surface area contributed by atoms with Gasteiger partial charge < -0.3 is 0 Å². The summed E-state index contributed by atoms with van der Waals surface area (Å²) in [5, 5.41) is 0. The van der Waals surface area contributed by atoms with Gasteiger partial charge in [0, 0.05) is 27.8 Å². The molecular weight excluding hydrogens is 851 g/mol. The first kappa shape index (κ1) is 44.6. The Labute approximate surface area is 412 Å². The maximum Gasteiger partial charge on any atom is 0.164 e. The largest absolute Gasteiger partial charge is 0.244 e. The number of hydrogen-bond acceptors (Lipinski definition) is 5. The maximum atomic E-state index is 5.14. The average molecular weight is 908 g/mol. The first-order chi connectivity index (χ1) is 33.8. The fourth-order valence-electron chi connectivity index (χ4n) is 10.8. The second-order valence-electron chi connectivity index (χ2n) is 20.9. The number of rotatable bonds is 5. The Morgan fingerprint density at radius 1 is 0.257 bits per heavy atom. The van der Waals surface area contributed by atoms with Crippen LogP contribution < -0.4 is 0 Å². The van der Waals surface area contributed by atoms with Crippen molar-refractivity contribution < 1.29 is 0 Å². The normalized spacial score (nSPS) is 15.3. The van der Waals surface area contributed by atoms with Gasteiger partial charge in [0.15, 0.2) is 17.5 Å². The summed E-state index contributed by atoms with van der Waals surface area (Å²) in [5.74, 6) is 2.06. The zero-order valence-electron chi connectivity index (χ0n) is 41.3. The fraction of sp³-hybridized carbons (Fsp3) is 0.185. The summed E-state index contributed by atoms with van der Waals surface area (Å²) < 4.78 is 0. The third kappa shape index (κ3) is 7.26. The molecule has 2 aromatic heterocycles. The van der Waals surface area contributed by atoms with Crippen LogP contribution >= 0.6 is 0 Å². The molecule has 2 heterocycles. The summed E-state index contributed by atoms with van der Waals surface area (Å²) >= 11 is 0. The third-order valence-electron chi connectivity index (χ3n) is 16.1. The molecule has 0 radical (unpaired) electrons. The highest BCUT2D eigenvalue weighted by Gasteiger charge is 2.47. The molecular formula is C65H57N5. The summed E-state index contributed by atoms with van der Waals surface area (Å²) in [5.41, 5.74) is 19.3. The highest BCUT2D eigenvalue weighted by molar-refractivity contribution is 5.90. The van der Waals surface area contributed by atoms with Crippen LogP contribution in [0.2, 0.25) is 0 Å². The van der Waals surface area contributed by atoms with Crippen molar-refractivity contribution >= 4 is 11.0 Å². The van der Waals surface area contributed by atoms with Crippen LogP contribution in [0, 0.1) is 0 Å². The zero-order valence-corrected chi connectivity index (χ0v) is 41.3. The van der Waals surface area contributed by atoms with Gasteiger partial charge in [0.2, 0.25) is 0 Å². The lowest BCUT2D eigenvalue weighted by Gasteiger charge is -2.48. The standard InChI is InChI=1S/C33H29N3.C32H28N2/c1-32(2)26-20-12-11-18-24(26)28-25(19-13-21-27(28)33(32,3)4)31-35-29(22-14-7-5-8-15-22)34-30(36-31)23-16-9-6-10-17-23;1-31(2)25-15-9-8-14-23(25)24-19-18-22(20-26(24)32(31,3)4)30-29(21-12-6-5-7-13-21)33-27-16-10-11-17-28(27)34-30/h5-21H,1-4H3;5-20H,1-4H3. The van der Waals surface area contributed by atoms with Crippen LogP contribution in [-0.2, 0) is 21.7 Å². The smallest absolute Gasteiger partial charge is 0.164 e. The molecule has 5 heteroatoms. The SMILES string of the molecule is CC1(C)c2ccccc2-c2c(-c3nc(-c4ccccc4)nc(-c4ccccc4)n3)cccc2C1(C)C.CC1(C)c2ccccc2-c2ccc(-c3nc4ccccc4nc3-c3ccccc3)cc2C1(C)C. The van der Waals surface area contributed by atoms with Crippen molar-refractivity contribution in [2.75, 3.05) is 0 Å². The first-order valence-electron chi connectivity index (χ1n) is 24.4. The van der Waals surface area contributed by atoms with Gasteiger partial charge in [0.05, 0.1) is 22.4 Å². The van der Waals surface area contributed by atoms with Gasteiger partial charge in [0.1, 0.15) is 0 Å². The highest BCUT2D eigenvalue weighted by Crippen LogP contribution is 2.56. The van der Waals surface area contributed by atoms with Gasteiger partial charge in [-0.15, -0.1) is 0 Å². The van der Waals surface area contributed by atoms with E-state index in [1.54, 1.807) is 0 Å². The molecule has 10 aromatic rings. The molecule has 5 nitrogen and oxygen atoms in total. The lowest BCUT2D eigenvalue weighted by molar-refractivity contribution is 0.299. The van der Waals surface area contributed by atoms with E-state index in [4.69, 9.17) is 24.9 Å². The van der Waals surface area contributed by atoms with E-state index < -0.39 is 0 Å². The van der Waals surface area contributed by atoms with Crippen molar-refractivity contribution in [3.8, 4) is 78.9 Å². The van der Waals surface area contributed by atoms with E-state index in [0.29, 0.717) is 17.5 Å². The zero-order chi connectivity index (χ0) is 48.4. The lowest BCUT2D eigenvalue weighted by atomic mass is 9.55. The Bertz CT molecular complexity index is 3530. The van der Waals surface area contributed by atoms with Crippen molar-refractivity contribution in [3.05, 3.63) is 222 Å². The molecule has 0 atom stereocenters. The molecule has 70 heavy (non-hydrogen) atoms. The number of fused-ring (bicyclic) bond motifs is 7. The highest BCUT2D eigenvalue weighted by atomic mass is 15.0. The van der Waals surface area contributed by atoms with Gasteiger partial charge in [-0.2, -0.15) is 0 Å². The van der Waals surface area contributed by atoms with Gasteiger partial charge >= 0.3 is 0 Å². The molecule has 0 fully saturated rings. The summed E-state index contributed by atoms with van der Waals surface area (Å²) in [4.78, 5) is 25.2. The Morgan fingerprint density at radius 2 is 0.643 bits per heavy atom. The molecule has 0 amide bonds. The van der Waals surface area contributed by atoms with Gasteiger partial charge in [-0.3, -0.25) is 0 Å². The molecule has 0 saturated heterocycles. The summed E-state index contributed by atoms with van der Waals surface area (Å²) in [7, 11) is 0. The number of para-hydroxylation sites is 2. The Morgan fingerprint density at radius 3 is 1.21 bits per heavy atom. The first-order valence-corrected chi connectivity index (χ1v) is 24.4. The van der Waals surface area contributed by atoms with E-state index in [1.807, 2.05) is 66.7 Å². The van der Waals surface area contributed by atoms with Crippen LogP contribution in [0.3, 0.4) is 0 Å². The van der Waals surface area contributed by atoms with Gasteiger partial charge in [0.25, 0.3) is 0 Å². The molecule has 8 aromatic carbocycles. The second kappa shape index (κ2) is 17.0. The molecule has 0 saturated carbocycles. The van der Waals surface area contributed by atoms with E-state index in [0.717, 1.165) is 50.2 Å². The lowest BCUT2D eigenvalue weighted by Crippen LogP contribution is -2.43. The summed E-state index contributed by atoms with van der Waals surface area (Å²) in [6.07, 6.45) is 0. The second-order valence-corrected chi connectivity index (χ2v) is 20.9. The Kier molecular flexibility index (Phi) is 10.8. The predicted molar refractivity (Wildman–Crippen MR) is 290 cm³/mol. The van der Waals surface area contributed by atoms with Crippen LogP contribution in [0.4, 0.5) is 0 Å². The number of nitrogens with zero attached hydrogens (tertiary/aromatic N) is 5. The number of benzene rings is 8. The van der Waals surface area contributed by atoms with Gasteiger partial charge in [-0.25, -0.2) is 24.9 Å². The van der Waals surface area contributed by atoms with Crippen LogP contribution in [-0.4, -0.2) is 24.9 Å². The van der Waals surface area contributed by atoms with Crippen LogP contribution in [0.25, 0.3) is 90.0 Å². The quantitative estimate of drug-likeness (QED) is 0.172. The molecule has 0 aliphatic heterocycles. The van der Waals surface area contributed by atoms with Crippen molar-refractivity contribution in [3.63, 3.8) is 0 Å². The topological polar surface area (TPSA) is 64.5 Å². The van der Waals surface area contributed by atoms with Crippen LogP contribution in [0.5, 0.6) is 0 Å². The molecule has 342 valence electrons. The molecule has 0 bridgehead atoms. The molecule has 2 aliphatic rings. The summed E-state index contributed by atoms with van der Waals surface area (Å²) in [6, 6.07) is 69.9. The van der Waals surface area contributed by atoms with E-state index in [9.17, 15) is 0 Å². The minimum absolute atomic E-state index is 0.00740. The molecule has 0 spiro atoms. The predicted octanol–water partition coefficient (Wildman–Crippen LogP) is 16.3.